The third-order valence-electron chi connectivity index (χ3n) is 3.19. The summed E-state index contributed by atoms with van der Waals surface area (Å²) in [5.41, 5.74) is 1.20. The van der Waals surface area contributed by atoms with E-state index < -0.39 is 12.0 Å². The van der Waals surface area contributed by atoms with E-state index in [1.54, 1.807) is 7.11 Å². The summed E-state index contributed by atoms with van der Waals surface area (Å²) in [6.07, 6.45) is 1.51. The Kier molecular flexibility index (Phi) is 6.02. The van der Waals surface area contributed by atoms with Crippen LogP contribution in [0.1, 0.15) is 39.2 Å². The van der Waals surface area contributed by atoms with E-state index in [0.29, 0.717) is 13.0 Å². The van der Waals surface area contributed by atoms with Crippen molar-refractivity contribution in [1.29, 1.82) is 0 Å². The van der Waals surface area contributed by atoms with Crippen LogP contribution in [-0.2, 0) is 11.3 Å². The molecule has 0 saturated heterocycles. The second-order valence-electron chi connectivity index (χ2n) is 6.22. The van der Waals surface area contributed by atoms with Gasteiger partial charge in [0, 0.05) is 6.54 Å². The summed E-state index contributed by atoms with van der Waals surface area (Å²) in [4.78, 5) is 11.3. The molecule has 0 fully saturated rings. The predicted octanol–water partition coefficient (Wildman–Crippen LogP) is 3.06. The molecular weight excluding hydrogens is 254 g/mol. The summed E-state index contributed by atoms with van der Waals surface area (Å²) >= 11 is 0. The predicted molar refractivity (Wildman–Crippen MR) is 79.9 cm³/mol. The fourth-order valence-electron chi connectivity index (χ4n) is 1.87. The van der Waals surface area contributed by atoms with Crippen molar-refractivity contribution in [3.8, 4) is 5.75 Å². The second kappa shape index (κ2) is 7.29. The normalized spacial score (nSPS) is 13.0. The Hall–Kier alpha value is -1.55. The Bertz CT molecular complexity index is 420. The largest absolute Gasteiger partial charge is 0.497 e. The minimum atomic E-state index is -0.789. The lowest BCUT2D eigenvalue weighted by atomic mass is 9.88. The van der Waals surface area contributed by atoms with Crippen LogP contribution < -0.4 is 10.1 Å². The van der Waals surface area contributed by atoms with Gasteiger partial charge < -0.3 is 15.2 Å². The molecule has 2 N–H and O–H groups in total. The number of rotatable bonds is 7. The van der Waals surface area contributed by atoms with Crippen LogP contribution in [0.3, 0.4) is 0 Å². The first-order valence-corrected chi connectivity index (χ1v) is 6.91. The Labute approximate surface area is 121 Å². The average Bonchev–Trinajstić information content (AvgIpc) is 2.37. The van der Waals surface area contributed by atoms with Crippen molar-refractivity contribution in [2.45, 2.75) is 46.2 Å². The van der Waals surface area contributed by atoms with E-state index in [2.05, 4.69) is 26.1 Å². The maximum atomic E-state index is 11.3. The van der Waals surface area contributed by atoms with E-state index in [1.165, 1.54) is 0 Å². The van der Waals surface area contributed by atoms with Gasteiger partial charge in [0.15, 0.2) is 0 Å². The quantitative estimate of drug-likeness (QED) is 0.805. The molecule has 1 rings (SSSR count). The Morgan fingerprint density at radius 2 is 1.90 bits per heavy atom. The summed E-state index contributed by atoms with van der Waals surface area (Å²) in [6.45, 7) is 6.91. The van der Waals surface area contributed by atoms with Gasteiger partial charge in [0.05, 0.1) is 7.11 Å². The van der Waals surface area contributed by atoms with Gasteiger partial charge in [-0.25, -0.2) is 0 Å². The molecule has 0 radical (unpaired) electrons. The van der Waals surface area contributed by atoms with Crippen LogP contribution in [-0.4, -0.2) is 24.2 Å². The van der Waals surface area contributed by atoms with Gasteiger partial charge in [0.25, 0.3) is 0 Å². The van der Waals surface area contributed by atoms with E-state index in [9.17, 15) is 9.90 Å². The molecule has 20 heavy (non-hydrogen) atoms. The van der Waals surface area contributed by atoms with E-state index >= 15 is 0 Å². The van der Waals surface area contributed by atoms with Crippen molar-refractivity contribution < 1.29 is 14.6 Å². The summed E-state index contributed by atoms with van der Waals surface area (Å²) in [7, 11) is 1.63. The monoisotopic (exact) mass is 279 g/mol. The van der Waals surface area contributed by atoms with Crippen molar-refractivity contribution in [2.75, 3.05) is 7.11 Å². The van der Waals surface area contributed by atoms with E-state index in [0.717, 1.165) is 17.7 Å². The summed E-state index contributed by atoms with van der Waals surface area (Å²) in [5.74, 6) is 0.0130. The lowest BCUT2D eigenvalue weighted by Crippen LogP contribution is -2.36. The Balaban J connectivity index is 2.51. The van der Waals surface area contributed by atoms with Gasteiger partial charge in [-0.05, 0) is 36.0 Å². The maximum absolute atomic E-state index is 11.3. The van der Waals surface area contributed by atoms with Crippen LogP contribution in [0.15, 0.2) is 24.3 Å². The van der Waals surface area contributed by atoms with Gasteiger partial charge in [0.2, 0.25) is 0 Å². The highest BCUT2D eigenvalue weighted by Crippen LogP contribution is 2.21. The first kappa shape index (κ1) is 16.5. The number of benzene rings is 1. The third-order valence-corrected chi connectivity index (χ3v) is 3.19. The number of nitrogens with one attached hydrogen (secondary N) is 1. The molecule has 0 amide bonds. The first-order chi connectivity index (χ1) is 9.31. The SMILES string of the molecule is COc1ccc(CNC(CCC(C)(C)C)C(=O)O)cc1. The molecule has 0 heterocycles. The van der Waals surface area contributed by atoms with Crippen molar-refractivity contribution in [1.82, 2.24) is 5.32 Å². The number of carbonyl (C=O) groups is 1. The zero-order valence-electron chi connectivity index (χ0n) is 12.8. The van der Waals surface area contributed by atoms with Crippen molar-refractivity contribution in [3.05, 3.63) is 29.8 Å². The highest BCUT2D eigenvalue weighted by atomic mass is 16.5. The van der Waals surface area contributed by atoms with Gasteiger partial charge >= 0.3 is 5.97 Å². The van der Waals surface area contributed by atoms with Crippen molar-refractivity contribution >= 4 is 5.97 Å². The van der Waals surface area contributed by atoms with Crippen LogP contribution in [0, 0.1) is 5.41 Å². The molecule has 0 aromatic heterocycles. The lowest BCUT2D eigenvalue weighted by molar-refractivity contribution is -0.139. The topological polar surface area (TPSA) is 58.6 Å². The third kappa shape index (κ3) is 6.06. The van der Waals surface area contributed by atoms with E-state index in [1.807, 2.05) is 24.3 Å². The van der Waals surface area contributed by atoms with Crippen LogP contribution in [0.5, 0.6) is 5.75 Å². The molecular formula is C16H25NO3. The first-order valence-electron chi connectivity index (χ1n) is 6.91. The molecule has 0 aliphatic rings. The van der Waals surface area contributed by atoms with Gasteiger partial charge in [-0.15, -0.1) is 0 Å². The lowest BCUT2D eigenvalue weighted by Gasteiger charge is -2.21. The molecule has 112 valence electrons. The second-order valence-corrected chi connectivity index (χ2v) is 6.22. The molecule has 1 aromatic rings. The highest BCUT2D eigenvalue weighted by Gasteiger charge is 2.20. The Morgan fingerprint density at radius 3 is 2.35 bits per heavy atom. The number of hydrogen-bond donors (Lipinski definition) is 2. The smallest absolute Gasteiger partial charge is 0.320 e. The molecule has 1 aromatic carbocycles. The van der Waals surface area contributed by atoms with Crippen LogP contribution in [0.25, 0.3) is 0 Å². The molecule has 0 saturated carbocycles. The molecule has 0 spiro atoms. The number of hydrogen-bond acceptors (Lipinski definition) is 3. The van der Waals surface area contributed by atoms with Gasteiger partial charge in [-0.1, -0.05) is 32.9 Å². The van der Waals surface area contributed by atoms with Crippen molar-refractivity contribution in [3.63, 3.8) is 0 Å². The molecule has 4 heteroatoms. The standard InChI is InChI=1S/C16H25NO3/c1-16(2,3)10-9-14(15(18)19)17-11-12-5-7-13(20-4)8-6-12/h5-8,14,17H,9-11H2,1-4H3,(H,18,19). The van der Waals surface area contributed by atoms with E-state index in [-0.39, 0.29) is 5.41 Å². The van der Waals surface area contributed by atoms with Crippen LogP contribution in [0.2, 0.25) is 0 Å². The molecule has 4 nitrogen and oxygen atoms in total. The Morgan fingerprint density at radius 1 is 1.30 bits per heavy atom. The maximum Gasteiger partial charge on any atom is 0.320 e. The molecule has 1 unspecified atom stereocenters. The minimum Gasteiger partial charge on any atom is -0.497 e. The highest BCUT2D eigenvalue weighted by molar-refractivity contribution is 5.73. The van der Waals surface area contributed by atoms with E-state index in [4.69, 9.17) is 4.74 Å². The molecule has 0 aliphatic heterocycles. The number of methoxy groups -OCH3 is 1. The number of aliphatic carboxylic acids is 1. The van der Waals surface area contributed by atoms with Crippen LogP contribution >= 0.6 is 0 Å². The molecule has 0 aliphatic carbocycles. The molecule has 0 bridgehead atoms. The average molecular weight is 279 g/mol. The van der Waals surface area contributed by atoms with Gasteiger partial charge in [-0.3, -0.25) is 4.79 Å². The van der Waals surface area contributed by atoms with Gasteiger partial charge in [0.1, 0.15) is 11.8 Å². The fourth-order valence-corrected chi connectivity index (χ4v) is 1.87. The number of carboxylic acids is 1. The van der Waals surface area contributed by atoms with Gasteiger partial charge in [-0.2, -0.15) is 0 Å². The number of ether oxygens (including phenoxy) is 1. The zero-order chi connectivity index (χ0) is 15.2. The number of carboxylic acid groups (broad SMARTS) is 1. The summed E-state index contributed by atoms with van der Waals surface area (Å²) in [5, 5.41) is 12.4. The molecule has 1 atom stereocenters. The van der Waals surface area contributed by atoms with Crippen molar-refractivity contribution in [2.24, 2.45) is 5.41 Å². The zero-order valence-corrected chi connectivity index (χ0v) is 12.8. The summed E-state index contributed by atoms with van der Waals surface area (Å²) < 4.78 is 5.09. The fraction of sp³-hybridized carbons (Fsp3) is 0.562. The van der Waals surface area contributed by atoms with Crippen LogP contribution in [0.4, 0.5) is 0 Å². The minimum absolute atomic E-state index is 0.148. The summed E-state index contributed by atoms with van der Waals surface area (Å²) in [6, 6.07) is 7.13.